The Labute approximate surface area is 97.9 Å². The third-order valence-electron chi connectivity index (χ3n) is 2.37. The van der Waals surface area contributed by atoms with E-state index in [0.29, 0.717) is 0 Å². The van der Waals surface area contributed by atoms with Crippen molar-refractivity contribution in [2.45, 2.75) is 32.9 Å². The highest BCUT2D eigenvalue weighted by atomic mass is 15.3. The highest BCUT2D eigenvalue weighted by Gasteiger charge is 2.09. The Morgan fingerprint density at radius 1 is 1.44 bits per heavy atom. The Bertz CT molecular complexity index is 312. The number of aromatic nitrogens is 3. The molecule has 1 aromatic heterocycles. The molecule has 1 aromatic rings. The molecule has 0 saturated carbocycles. The zero-order valence-corrected chi connectivity index (χ0v) is 11.0. The van der Waals surface area contributed by atoms with Gasteiger partial charge in [-0.15, -0.1) is 0 Å². The average Bonchev–Trinajstić information content (AvgIpc) is 2.49. The molecular weight excluding hydrogens is 202 g/mol. The molecule has 0 bridgehead atoms. The van der Waals surface area contributed by atoms with Crippen LogP contribution in [0.15, 0.2) is 6.33 Å². The minimum absolute atomic E-state index is 0.186. The largest absolute Gasteiger partial charge is 0.311 e. The molecule has 1 rings (SSSR count). The van der Waals surface area contributed by atoms with Gasteiger partial charge in [-0.05, 0) is 27.8 Å². The van der Waals surface area contributed by atoms with Crippen LogP contribution in [0.4, 0.5) is 0 Å². The predicted octanol–water partition coefficient (Wildman–Crippen LogP) is 0.635. The van der Waals surface area contributed by atoms with Crippen LogP contribution in [0.25, 0.3) is 0 Å². The number of nitrogens with zero attached hydrogens (tertiary/aromatic N) is 4. The third kappa shape index (κ3) is 4.72. The van der Waals surface area contributed by atoms with Gasteiger partial charge in [0.25, 0.3) is 0 Å². The van der Waals surface area contributed by atoms with Crippen molar-refractivity contribution in [3.63, 3.8) is 0 Å². The minimum atomic E-state index is 0.186. The second kappa shape index (κ2) is 5.41. The van der Waals surface area contributed by atoms with Gasteiger partial charge in [-0.2, -0.15) is 5.10 Å². The number of likely N-dealkylation sites (N-methyl/N-ethyl adjacent to an activating group) is 1. The van der Waals surface area contributed by atoms with E-state index in [1.54, 1.807) is 6.33 Å². The molecule has 5 nitrogen and oxygen atoms in total. The molecule has 92 valence electrons. The van der Waals surface area contributed by atoms with Gasteiger partial charge in [0.05, 0.1) is 6.54 Å². The van der Waals surface area contributed by atoms with E-state index >= 15 is 0 Å². The summed E-state index contributed by atoms with van der Waals surface area (Å²) in [4.78, 5) is 6.44. The van der Waals surface area contributed by atoms with Crippen LogP contribution in [0, 0.1) is 0 Å². The lowest BCUT2D eigenvalue weighted by molar-refractivity contribution is 0.293. The second-order valence-electron chi connectivity index (χ2n) is 5.21. The molecule has 0 radical (unpaired) electrons. The normalized spacial score (nSPS) is 12.4. The van der Waals surface area contributed by atoms with E-state index in [1.165, 1.54) is 0 Å². The van der Waals surface area contributed by atoms with E-state index in [0.717, 1.165) is 25.5 Å². The summed E-state index contributed by atoms with van der Waals surface area (Å²) in [7, 11) is 4.02. The van der Waals surface area contributed by atoms with Gasteiger partial charge < -0.3 is 5.32 Å². The van der Waals surface area contributed by atoms with Crippen LogP contribution >= 0.6 is 0 Å². The van der Waals surface area contributed by atoms with Gasteiger partial charge in [0.1, 0.15) is 12.2 Å². The van der Waals surface area contributed by atoms with Crippen LogP contribution < -0.4 is 5.32 Å². The summed E-state index contributed by atoms with van der Waals surface area (Å²) in [6, 6.07) is 0. The summed E-state index contributed by atoms with van der Waals surface area (Å²) in [5.41, 5.74) is 0.186. The number of rotatable bonds is 5. The zero-order chi connectivity index (χ0) is 12.2. The lowest BCUT2D eigenvalue weighted by atomic mass is 10.1. The molecule has 0 atom stereocenters. The zero-order valence-electron chi connectivity index (χ0n) is 11.0. The van der Waals surface area contributed by atoms with Crippen LogP contribution in [0.2, 0.25) is 0 Å². The fourth-order valence-corrected chi connectivity index (χ4v) is 1.41. The van der Waals surface area contributed by atoms with Crippen molar-refractivity contribution in [1.82, 2.24) is 25.0 Å². The van der Waals surface area contributed by atoms with E-state index < -0.39 is 0 Å². The maximum atomic E-state index is 4.20. The van der Waals surface area contributed by atoms with E-state index in [-0.39, 0.29) is 5.54 Å². The summed E-state index contributed by atoms with van der Waals surface area (Å²) < 4.78 is 1.81. The first-order valence-electron chi connectivity index (χ1n) is 5.65. The monoisotopic (exact) mass is 225 g/mol. The topological polar surface area (TPSA) is 46.0 Å². The summed E-state index contributed by atoms with van der Waals surface area (Å²) >= 11 is 0. The molecule has 0 aliphatic carbocycles. The van der Waals surface area contributed by atoms with Gasteiger partial charge in [-0.25, -0.2) is 4.98 Å². The lowest BCUT2D eigenvalue weighted by Gasteiger charge is -2.23. The van der Waals surface area contributed by atoms with Gasteiger partial charge in [0.15, 0.2) is 0 Å². The van der Waals surface area contributed by atoms with Crippen LogP contribution in [-0.2, 0) is 13.6 Å². The highest BCUT2D eigenvalue weighted by Crippen LogP contribution is 1.99. The Morgan fingerprint density at radius 3 is 2.62 bits per heavy atom. The van der Waals surface area contributed by atoms with Crippen molar-refractivity contribution in [3.8, 4) is 0 Å². The molecule has 1 heterocycles. The molecule has 16 heavy (non-hydrogen) atoms. The molecule has 1 N–H and O–H groups in total. The summed E-state index contributed by atoms with van der Waals surface area (Å²) in [6.07, 6.45) is 1.59. The molecule has 0 aliphatic rings. The first kappa shape index (κ1) is 13.1. The van der Waals surface area contributed by atoms with Crippen LogP contribution in [0.5, 0.6) is 0 Å². The first-order valence-corrected chi connectivity index (χ1v) is 5.65. The van der Waals surface area contributed by atoms with Crippen molar-refractivity contribution in [1.29, 1.82) is 0 Å². The van der Waals surface area contributed by atoms with Gasteiger partial charge in [-0.3, -0.25) is 9.58 Å². The number of aryl methyl sites for hydroxylation is 1. The van der Waals surface area contributed by atoms with E-state index in [2.05, 4.69) is 48.1 Å². The molecule has 5 heteroatoms. The molecule has 0 aromatic carbocycles. The number of nitrogens with one attached hydrogen (secondary N) is 1. The predicted molar refractivity (Wildman–Crippen MR) is 65.1 cm³/mol. The average molecular weight is 225 g/mol. The third-order valence-corrected chi connectivity index (χ3v) is 2.37. The standard InChI is InChI=1S/C11H23N5/c1-11(2,3)13-6-7-15(4)8-10-12-9-14-16(10)5/h9,13H,6-8H2,1-5H3. The van der Waals surface area contributed by atoms with Crippen LogP contribution in [0.3, 0.4) is 0 Å². The van der Waals surface area contributed by atoms with Crippen molar-refractivity contribution in [2.75, 3.05) is 20.1 Å². The van der Waals surface area contributed by atoms with Gasteiger partial charge in [0.2, 0.25) is 0 Å². The highest BCUT2D eigenvalue weighted by molar-refractivity contribution is 4.83. The molecule has 0 amide bonds. The number of hydrogen-bond acceptors (Lipinski definition) is 4. The van der Waals surface area contributed by atoms with E-state index in [1.807, 2.05) is 11.7 Å². The minimum Gasteiger partial charge on any atom is -0.311 e. The quantitative estimate of drug-likeness (QED) is 0.798. The van der Waals surface area contributed by atoms with Crippen molar-refractivity contribution < 1.29 is 0 Å². The SMILES string of the molecule is CN(CCNC(C)(C)C)Cc1ncnn1C. The molecule has 0 saturated heterocycles. The van der Waals surface area contributed by atoms with Crippen molar-refractivity contribution in [2.24, 2.45) is 7.05 Å². The molecule has 0 unspecified atom stereocenters. The summed E-state index contributed by atoms with van der Waals surface area (Å²) in [5.74, 6) is 0.998. The van der Waals surface area contributed by atoms with Gasteiger partial charge in [-0.1, -0.05) is 0 Å². The fraction of sp³-hybridized carbons (Fsp3) is 0.818. The Morgan fingerprint density at radius 2 is 2.12 bits per heavy atom. The van der Waals surface area contributed by atoms with Crippen molar-refractivity contribution >= 4 is 0 Å². The van der Waals surface area contributed by atoms with Gasteiger partial charge in [0, 0.05) is 25.7 Å². The van der Waals surface area contributed by atoms with Crippen LogP contribution in [0.1, 0.15) is 26.6 Å². The van der Waals surface area contributed by atoms with E-state index in [4.69, 9.17) is 0 Å². The fourth-order valence-electron chi connectivity index (χ4n) is 1.41. The second-order valence-corrected chi connectivity index (χ2v) is 5.21. The first-order chi connectivity index (χ1) is 7.38. The van der Waals surface area contributed by atoms with Gasteiger partial charge >= 0.3 is 0 Å². The van der Waals surface area contributed by atoms with Crippen LogP contribution in [-0.4, -0.2) is 45.3 Å². The smallest absolute Gasteiger partial charge is 0.140 e. The molecule has 0 aliphatic heterocycles. The molecule has 0 spiro atoms. The van der Waals surface area contributed by atoms with E-state index in [9.17, 15) is 0 Å². The maximum absolute atomic E-state index is 4.20. The molecule has 0 fully saturated rings. The Balaban J connectivity index is 2.26. The summed E-state index contributed by atoms with van der Waals surface area (Å²) in [5, 5.41) is 7.51. The molecular formula is C11H23N5. The lowest BCUT2D eigenvalue weighted by Crippen LogP contribution is -2.40. The Hall–Kier alpha value is -0.940. The summed E-state index contributed by atoms with van der Waals surface area (Å²) in [6.45, 7) is 9.35. The van der Waals surface area contributed by atoms with Crippen molar-refractivity contribution in [3.05, 3.63) is 12.2 Å². The Kier molecular flexibility index (Phi) is 4.44. The number of hydrogen-bond donors (Lipinski definition) is 1. The maximum Gasteiger partial charge on any atom is 0.140 e.